The predicted octanol–water partition coefficient (Wildman–Crippen LogP) is 0.363. The van der Waals surface area contributed by atoms with Gasteiger partial charge in [0.25, 0.3) is 5.91 Å². The van der Waals surface area contributed by atoms with Crippen molar-refractivity contribution in [2.24, 2.45) is 5.92 Å². The molecular weight excluding hydrogens is 312 g/mol. The first-order valence-electron chi connectivity index (χ1n) is 8.05. The Hall–Kier alpha value is -1.53. The molecule has 1 aromatic carbocycles. The van der Waals surface area contributed by atoms with Gasteiger partial charge >= 0.3 is 5.97 Å². The van der Waals surface area contributed by atoms with Crippen molar-refractivity contribution < 1.29 is 19.2 Å². The minimum absolute atomic E-state index is 0.00841. The summed E-state index contributed by atoms with van der Waals surface area (Å²) < 4.78 is 4.78. The summed E-state index contributed by atoms with van der Waals surface area (Å²) in [5.41, 5.74) is 0. The van der Waals surface area contributed by atoms with Crippen LogP contribution in [0.15, 0.2) is 35.2 Å². The Kier molecular flexibility index (Phi) is 7.42. The van der Waals surface area contributed by atoms with Crippen LogP contribution in [0.2, 0.25) is 0 Å². The van der Waals surface area contributed by atoms with E-state index in [0.29, 0.717) is 13.1 Å². The van der Waals surface area contributed by atoms with Crippen LogP contribution in [0.3, 0.4) is 0 Å². The molecule has 1 aliphatic heterocycles. The van der Waals surface area contributed by atoms with E-state index in [1.54, 1.807) is 11.8 Å². The minimum Gasteiger partial charge on any atom is -0.469 e. The van der Waals surface area contributed by atoms with Crippen LogP contribution >= 0.6 is 11.8 Å². The molecule has 0 spiro atoms. The number of thioether (sulfide) groups is 1. The topological polar surface area (TPSA) is 59.8 Å². The van der Waals surface area contributed by atoms with Gasteiger partial charge in [0, 0.05) is 30.0 Å². The van der Waals surface area contributed by atoms with Crippen molar-refractivity contribution in [2.75, 3.05) is 39.0 Å². The lowest BCUT2D eigenvalue weighted by Crippen LogP contribution is -3.14. The molecule has 0 aromatic heterocycles. The van der Waals surface area contributed by atoms with Gasteiger partial charge in [-0.05, 0) is 12.1 Å². The standard InChI is InChI=1S/C17H24N2O3S/c1-22-17(21)14-7-10-19(11-8-14)13-16(20)18-9-12-23-15-5-3-2-4-6-15/h2-6,14H,7-13H2,1H3,(H,18,20)/p+1. The largest absolute Gasteiger partial charge is 0.469 e. The van der Waals surface area contributed by atoms with Crippen molar-refractivity contribution in [2.45, 2.75) is 17.7 Å². The summed E-state index contributed by atoms with van der Waals surface area (Å²) in [6.07, 6.45) is 1.61. The Balaban J connectivity index is 1.58. The lowest BCUT2D eigenvalue weighted by molar-refractivity contribution is -0.897. The van der Waals surface area contributed by atoms with Gasteiger partial charge in [-0.15, -0.1) is 11.8 Å². The lowest BCUT2D eigenvalue weighted by Gasteiger charge is -2.27. The zero-order valence-corrected chi connectivity index (χ0v) is 14.4. The van der Waals surface area contributed by atoms with Gasteiger partial charge < -0.3 is 15.0 Å². The number of quaternary nitrogens is 1. The second-order valence-electron chi connectivity index (χ2n) is 5.74. The molecule has 2 N–H and O–H groups in total. The zero-order valence-electron chi connectivity index (χ0n) is 13.5. The van der Waals surface area contributed by atoms with E-state index in [1.807, 2.05) is 18.2 Å². The van der Waals surface area contributed by atoms with E-state index in [4.69, 9.17) is 4.74 Å². The molecule has 0 aliphatic carbocycles. The van der Waals surface area contributed by atoms with E-state index in [-0.39, 0.29) is 17.8 Å². The van der Waals surface area contributed by atoms with Crippen LogP contribution in [0, 0.1) is 5.92 Å². The molecule has 1 amide bonds. The molecule has 126 valence electrons. The summed E-state index contributed by atoms with van der Waals surface area (Å²) in [4.78, 5) is 25.9. The highest BCUT2D eigenvalue weighted by Crippen LogP contribution is 2.15. The number of methoxy groups -OCH3 is 1. The fraction of sp³-hybridized carbons (Fsp3) is 0.529. The van der Waals surface area contributed by atoms with Gasteiger partial charge in [0.05, 0.1) is 26.1 Å². The molecule has 0 unspecified atom stereocenters. The number of piperidine rings is 1. The normalized spacial score (nSPS) is 20.7. The van der Waals surface area contributed by atoms with E-state index < -0.39 is 0 Å². The van der Waals surface area contributed by atoms with Gasteiger partial charge in [-0.1, -0.05) is 18.2 Å². The maximum absolute atomic E-state index is 12.0. The molecule has 0 saturated carbocycles. The molecule has 0 atom stereocenters. The highest BCUT2D eigenvalue weighted by molar-refractivity contribution is 7.99. The summed E-state index contributed by atoms with van der Waals surface area (Å²) in [6, 6.07) is 10.2. The summed E-state index contributed by atoms with van der Waals surface area (Å²) in [5.74, 6) is 0.848. The van der Waals surface area contributed by atoms with E-state index >= 15 is 0 Å². The van der Waals surface area contributed by atoms with Gasteiger partial charge in [0.2, 0.25) is 0 Å². The number of hydrogen-bond donors (Lipinski definition) is 2. The molecule has 1 aliphatic rings. The summed E-state index contributed by atoms with van der Waals surface area (Å²) in [6.45, 7) is 2.87. The van der Waals surface area contributed by atoms with Crippen molar-refractivity contribution in [1.82, 2.24) is 5.32 Å². The van der Waals surface area contributed by atoms with Crippen LogP contribution in [0.25, 0.3) is 0 Å². The van der Waals surface area contributed by atoms with Crippen LogP contribution in [-0.4, -0.2) is 50.9 Å². The van der Waals surface area contributed by atoms with Crippen LogP contribution in [0.1, 0.15) is 12.8 Å². The quantitative estimate of drug-likeness (QED) is 0.429. The van der Waals surface area contributed by atoms with E-state index in [1.165, 1.54) is 16.9 Å². The first-order chi connectivity index (χ1) is 11.2. The van der Waals surface area contributed by atoms with Crippen molar-refractivity contribution in [3.8, 4) is 0 Å². The third-order valence-electron chi connectivity index (χ3n) is 4.07. The number of carbonyl (C=O) groups is 2. The van der Waals surface area contributed by atoms with Crippen molar-refractivity contribution in [3.05, 3.63) is 30.3 Å². The van der Waals surface area contributed by atoms with Gasteiger partial charge in [0.15, 0.2) is 6.54 Å². The van der Waals surface area contributed by atoms with Crippen LogP contribution in [0.4, 0.5) is 0 Å². The molecule has 1 fully saturated rings. The number of likely N-dealkylation sites (tertiary alicyclic amines) is 1. The number of amides is 1. The summed E-state index contributed by atoms with van der Waals surface area (Å²) in [5, 5.41) is 2.97. The van der Waals surface area contributed by atoms with Gasteiger partial charge in [-0.2, -0.15) is 0 Å². The molecule has 2 rings (SSSR count). The number of nitrogens with one attached hydrogen (secondary N) is 2. The first kappa shape index (κ1) is 17.8. The first-order valence-corrected chi connectivity index (χ1v) is 9.03. The minimum atomic E-state index is -0.119. The molecule has 1 heterocycles. The van der Waals surface area contributed by atoms with E-state index in [2.05, 4.69) is 17.4 Å². The Morgan fingerprint density at radius 1 is 1.26 bits per heavy atom. The smallest absolute Gasteiger partial charge is 0.309 e. The summed E-state index contributed by atoms with van der Waals surface area (Å²) in [7, 11) is 1.43. The molecule has 0 radical (unpaired) electrons. The second-order valence-corrected chi connectivity index (χ2v) is 6.90. The van der Waals surface area contributed by atoms with Gasteiger partial charge in [-0.3, -0.25) is 9.59 Å². The third kappa shape index (κ3) is 6.23. The molecule has 23 heavy (non-hydrogen) atoms. The van der Waals surface area contributed by atoms with Crippen molar-refractivity contribution >= 4 is 23.6 Å². The molecule has 5 nitrogen and oxygen atoms in total. The maximum atomic E-state index is 12.0. The fourth-order valence-electron chi connectivity index (χ4n) is 2.77. The number of carbonyl (C=O) groups excluding carboxylic acids is 2. The van der Waals surface area contributed by atoms with E-state index in [0.717, 1.165) is 31.7 Å². The second kappa shape index (κ2) is 9.57. The monoisotopic (exact) mass is 337 g/mol. The number of hydrogen-bond acceptors (Lipinski definition) is 4. The third-order valence-corrected chi connectivity index (χ3v) is 5.09. The number of esters is 1. The van der Waals surface area contributed by atoms with E-state index in [9.17, 15) is 9.59 Å². The molecule has 1 aromatic rings. The SMILES string of the molecule is COC(=O)C1CC[NH+](CC(=O)NCCSc2ccccc2)CC1. The van der Waals surface area contributed by atoms with Gasteiger partial charge in [-0.25, -0.2) is 0 Å². The number of ether oxygens (including phenoxy) is 1. The van der Waals surface area contributed by atoms with Crippen molar-refractivity contribution in [3.63, 3.8) is 0 Å². The Morgan fingerprint density at radius 3 is 2.61 bits per heavy atom. The van der Waals surface area contributed by atoms with Crippen molar-refractivity contribution in [1.29, 1.82) is 0 Å². The maximum Gasteiger partial charge on any atom is 0.309 e. The molecule has 6 heteroatoms. The fourth-order valence-corrected chi connectivity index (χ4v) is 3.56. The number of benzene rings is 1. The zero-order chi connectivity index (χ0) is 16.5. The predicted molar refractivity (Wildman–Crippen MR) is 90.5 cm³/mol. The summed E-state index contributed by atoms with van der Waals surface area (Å²) >= 11 is 1.74. The lowest BCUT2D eigenvalue weighted by atomic mass is 9.97. The Bertz CT molecular complexity index is 502. The average Bonchev–Trinajstić information content (AvgIpc) is 2.59. The highest BCUT2D eigenvalue weighted by Gasteiger charge is 2.28. The molecular formula is C17H25N2O3S+. The number of rotatable bonds is 7. The van der Waals surface area contributed by atoms with Gasteiger partial charge in [0.1, 0.15) is 0 Å². The Morgan fingerprint density at radius 2 is 1.96 bits per heavy atom. The Labute approximate surface area is 141 Å². The molecule has 0 bridgehead atoms. The molecule has 1 saturated heterocycles. The average molecular weight is 337 g/mol. The van der Waals surface area contributed by atoms with Crippen LogP contribution in [0.5, 0.6) is 0 Å². The van der Waals surface area contributed by atoms with Crippen LogP contribution < -0.4 is 10.2 Å². The van der Waals surface area contributed by atoms with Crippen LogP contribution in [-0.2, 0) is 14.3 Å². The highest BCUT2D eigenvalue weighted by atomic mass is 32.2.